The summed E-state index contributed by atoms with van der Waals surface area (Å²) in [7, 11) is 0. The number of nitrogens with one attached hydrogen (secondary N) is 1. The summed E-state index contributed by atoms with van der Waals surface area (Å²) in [6.07, 6.45) is 2.10. The van der Waals surface area contributed by atoms with Gasteiger partial charge in [0.05, 0.1) is 5.02 Å². The van der Waals surface area contributed by atoms with Crippen molar-refractivity contribution in [2.24, 2.45) is 0 Å². The largest absolute Gasteiger partial charge is 0.481 e. The molecule has 0 saturated carbocycles. The Balaban J connectivity index is 1.88. The number of aryl methyl sites for hydroxylation is 1. The molecule has 6 heteroatoms. The lowest BCUT2D eigenvalue weighted by molar-refractivity contribution is -0.137. The number of hydrogen-bond donors (Lipinski definition) is 2. The van der Waals surface area contributed by atoms with Crippen LogP contribution in [-0.4, -0.2) is 23.0 Å². The fourth-order valence-corrected chi connectivity index (χ4v) is 3.52. The minimum absolute atomic E-state index is 0.0400. The van der Waals surface area contributed by atoms with E-state index in [1.165, 1.54) is 11.3 Å². The number of aliphatic carboxylic acids is 1. The second kappa shape index (κ2) is 9.45. The maximum atomic E-state index is 12.2. The molecule has 0 fully saturated rings. The second-order valence-electron chi connectivity index (χ2n) is 5.62. The van der Waals surface area contributed by atoms with Crippen LogP contribution in [0.25, 0.3) is 0 Å². The summed E-state index contributed by atoms with van der Waals surface area (Å²) in [6, 6.07) is 11.5. The Morgan fingerprint density at radius 2 is 1.96 bits per heavy atom. The summed E-state index contributed by atoms with van der Waals surface area (Å²) in [5, 5.41) is 14.4. The number of halogens is 1. The summed E-state index contributed by atoms with van der Waals surface area (Å²) in [6.45, 7) is 0. The van der Waals surface area contributed by atoms with Crippen molar-refractivity contribution in [3.8, 4) is 0 Å². The molecular weight excluding hydrogens is 346 g/mol. The van der Waals surface area contributed by atoms with Gasteiger partial charge >= 0.3 is 5.97 Å². The molecule has 1 amide bonds. The van der Waals surface area contributed by atoms with Crippen LogP contribution in [0.2, 0.25) is 5.02 Å². The van der Waals surface area contributed by atoms with Gasteiger partial charge < -0.3 is 10.4 Å². The molecule has 4 nitrogen and oxygen atoms in total. The SMILES string of the molecule is O=C(O)CCC(Cc1ccccc1)NC(=O)CCc1cc(Cl)cs1. The lowest BCUT2D eigenvalue weighted by Gasteiger charge is -2.18. The number of thiophene rings is 1. The number of carboxylic acid groups (broad SMARTS) is 1. The van der Waals surface area contributed by atoms with Crippen LogP contribution in [-0.2, 0) is 22.4 Å². The monoisotopic (exact) mass is 365 g/mol. The summed E-state index contributed by atoms with van der Waals surface area (Å²) >= 11 is 7.41. The molecule has 128 valence electrons. The zero-order chi connectivity index (χ0) is 17.4. The highest BCUT2D eigenvalue weighted by atomic mass is 35.5. The quantitative estimate of drug-likeness (QED) is 0.707. The molecule has 0 saturated heterocycles. The van der Waals surface area contributed by atoms with E-state index in [0.717, 1.165) is 10.4 Å². The lowest BCUT2D eigenvalue weighted by Crippen LogP contribution is -2.37. The molecular formula is C18H20ClNO3S. The first-order chi connectivity index (χ1) is 11.5. The molecule has 24 heavy (non-hydrogen) atoms. The van der Waals surface area contributed by atoms with Crippen molar-refractivity contribution in [2.45, 2.75) is 38.1 Å². The number of hydrogen-bond acceptors (Lipinski definition) is 3. The molecule has 2 aromatic rings. The minimum atomic E-state index is -0.851. The zero-order valence-electron chi connectivity index (χ0n) is 13.2. The molecule has 1 aromatic heterocycles. The van der Waals surface area contributed by atoms with Crippen LogP contribution in [0.3, 0.4) is 0 Å². The van der Waals surface area contributed by atoms with E-state index < -0.39 is 5.97 Å². The van der Waals surface area contributed by atoms with Crippen LogP contribution in [0.1, 0.15) is 29.7 Å². The summed E-state index contributed by atoms with van der Waals surface area (Å²) in [5.41, 5.74) is 1.08. The Labute approximate surface area is 150 Å². The van der Waals surface area contributed by atoms with Crippen molar-refractivity contribution in [3.05, 3.63) is 57.2 Å². The molecule has 1 heterocycles. The van der Waals surface area contributed by atoms with Crippen molar-refractivity contribution in [1.29, 1.82) is 0 Å². The highest BCUT2D eigenvalue weighted by molar-refractivity contribution is 7.10. The number of rotatable bonds is 9. The predicted octanol–water partition coefficient (Wildman–Crippen LogP) is 3.93. The van der Waals surface area contributed by atoms with Crippen molar-refractivity contribution >= 4 is 34.8 Å². The summed E-state index contributed by atoms with van der Waals surface area (Å²) in [4.78, 5) is 24.1. The van der Waals surface area contributed by atoms with Crippen LogP contribution in [0, 0.1) is 0 Å². The first-order valence-electron chi connectivity index (χ1n) is 7.81. The number of carbonyl (C=O) groups excluding carboxylic acids is 1. The molecule has 1 atom stereocenters. The van der Waals surface area contributed by atoms with Gasteiger partial charge in [0.1, 0.15) is 0 Å². The van der Waals surface area contributed by atoms with Gasteiger partial charge in [-0.3, -0.25) is 9.59 Å². The third-order valence-corrected chi connectivity index (χ3v) is 4.96. The van der Waals surface area contributed by atoms with E-state index in [0.29, 0.717) is 30.7 Å². The summed E-state index contributed by atoms with van der Waals surface area (Å²) < 4.78 is 0. The van der Waals surface area contributed by atoms with Crippen LogP contribution in [0.5, 0.6) is 0 Å². The number of carbonyl (C=O) groups is 2. The van der Waals surface area contributed by atoms with Gasteiger partial charge in [0.15, 0.2) is 0 Å². The van der Waals surface area contributed by atoms with Gasteiger partial charge in [-0.25, -0.2) is 0 Å². The van der Waals surface area contributed by atoms with Gasteiger partial charge in [-0.05, 0) is 30.9 Å². The number of amides is 1. The molecule has 0 aliphatic heterocycles. The van der Waals surface area contributed by atoms with Gasteiger partial charge in [-0.2, -0.15) is 0 Å². The Morgan fingerprint density at radius 1 is 1.21 bits per heavy atom. The van der Waals surface area contributed by atoms with Gasteiger partial charge in [-0.15, -0.1) is 11.3 Å². The van der Waals surface area contributed by atoms with Crippen LogP contribution in [0.4, 0.5) is 0 Å². The maximum Gasteiger partial charge on any atom is 0.303 e. The molecule has 1 aromatic carbocycles. The third kappa shape index (κ3) is 6.72. The van der Waals surface area contributed by atoms with E-state index in [-0.39, 0.29) is 18.4 Å². The topological polar surface area (TPSA) is 66.4 Å². The van der Waals surface area contributed by atoms with Crippen molar-refractivity contribution in [1.82, 2.24) is 5.32 Å². The maximum absolute atomic E-state index is 12.2. The first kappa shape index (κ1) is 18.5. The van der Waals surface area contributed by atoms with Crippen molar-refractivity contribution in [3.63, 3.8) is 0 Å². The molecule has 0 radical (unpaired) electrons. The first-order valence-corrected chi connectivity index (χ1v) is 9.06. The predicted molar refractivity (Wildman–Crippen MR) is 96.6 cm³/mol. The smallest absolute Gasteiger partial charge is 0.303 e. The van der Waals surface area contributed by atoms with Gasteiger partial charge in [0.25, 0.3) is 0 Å². The molecule has 1 unspecified atom stereocenters. The van der Waals surface area contributed by atoms with Gasteiger partial charge in [-0.1, -0.05) is 41.9 Å². The standard InChI is InChI=1S/C18H20ClNO3S/c19-14-11-16(24-12-14)7-8-17(21)20-15(6-9-18(22)23)10-13-4-2-1-3-5-13/h1-5,11-12,15H,6-10H2,(H,20,21)(H,22,23). The molecule has 0 aliphatic carbocycles. The number of benzene rings is 1. The van der Waals surface area contributed by atoms with E-state index in [9.17, 15) is 9.59 Å². The fourth-order valence-electron chi connectivity index (χ4n) is 2.44. The average molecular weight is 366 g/mol. The lowest BCUT2D eigenvalue weighted by atomic mass is 10.0. The van der Waals surface area contributed by atoms with E-state index >= 15 is 0 Å². The zero-order valence-corrected chi connectivity index (χ0v) is 14.8. The fraction of sp³-hybridized carbons (Fsp3) is 0.333. The molecule has 2 N–H and O–H groups in total. The van der Waals surface area contributed by atoms with Gasteiger partial charge in [0, 0.05) is 29.1 Å². The summed E-state index contributed by atoms with van der Waals surface area (Å²) in [5.74, 6) is -0.915. The molecule has 0 aliphatic rings. The van der Waals surface area contributed by atoms with Crippen LogP contribution < -0.4 is 5.32 Å². The van der Waals surface area contributed by atoms with Gasteiger partial charge in [0.2, 0.25) is 5.91 Å². The van der Waals surface area contributed by atoms with Crippen molar-refractivity contribution < 1.29 is 14.7 Å². The average Bonchev–Trinajstić information content (AvgIpc) is 2.97. The highest BCUT2D eigenvalue weighted by Crippen LogP contribution is 2.20. The minimum Gasteiger partial charge on any atom is -0.481 e. The Hall–Kier alpha value is -1.85. The second-order valence-corrected chi connectivity index (χ2v) is 7.05. The Kier molecular flexibility index (Phi) is 7.28. The van der Waals surface area contributed by atoms with Crippen LogP contribution >= 0.6 is 22.9 Å². The van der Waals surface area contributed by atoms with E-state index in [1.807, 2.05) is 41.8 Å². The molecule has 2 rings (SSSR count). The van der Waals surface area contributed by atoms with Crippen molar-refractivity contribution in [2.75, 3.05) is 0 Å². The van der Waals surface area contributed by atoms with E-state index in [1.54, 1.807) is 0 Å². The van der Waals surface area contributed by atoms with E-state index in [2.05, 4.69) is 5.32 Å². The highest BCUT2D eigenvalue weighted by Gasteiger charge is 2.15. The van der Waals surface area contributed by atoms with Crippen LogP contribution in [0.15, 0.2) is 41.8 Å². The normalized spacial score (nSPS) is 11.9. The molecule has 0 bridgehead atoms. The third-order valence-electron chi connectivity index (χ3n) is 3.62. The molecule has 0 spiro atoms. The Morgan fingerprint density at radius 3 is 2.58 bits per heavy atom. The Bertz CT molecular complexity index is 672. The van der Waals surface area contributed by atoms with E-state index in [4.69, 9.17) is 16.7 Å². The number of carboxylic acids is 1.